The predicted molar refractivity (Wildman–Crippen MR) is 73.5 cm³/mol. The predicted octanol–water partition coefficient (Wildman–Crippen LogP) is 2.75. The summed E-state index contributed by atoms with van der Waals surface area (Å²) in [5.41, 5.74) is 2.02. The van der Waals surface area contributed by atoms with Crippen LogP contribution >= 0.6 is 11.3 Å². The molecule has 0 aromatic carbocycles. The van der Waals surface area contributed by atoms with E-state index in [4.69, 9.17) is 4.74 Å². The molecule has 0 unspecified atom stereocenters. The molecular weight excluding hydrogens is 262 g/mol. The molecule has 0 saturated heterocycles. The number of amides is 1. The molecule has 2 aromatic rings. The molecule has 1 amide bonds. The van der Waals surface area contributed by atoms with E-state index in [0.29, 0.717) is 23.2 Å². The molecule has 2 N–H and O–H groups in total. The molecular formula is C13H15N3O2S. The van der Waals surface area contributed by atoms with Crippen LogP contribution in [0.2, 0.25) is 0 Å². The van der Waals surface area contributed by atoms with Crippen LogP contribution in [0, 0.1) is 0 Å². The molecule has 1 aliphatic carbocycles. The van der Waals surface area contributed by atoms with E-state index in [1.54, 1.807) is 7.11 Å². The van der Waals surface area contributed by atoms with Crippen molar-refractivity contribution in [2.24, 2.45) is 0 Å². The summed E-state index contributed by atoms with van der Waals surface area (Å²) in [6.45, 7) is 0.445. The van der Waals surface area contributed by atoms with Gasteiger partial charge in [0, 0.05) is 30.4 Å². The Kier molecular flexibility index (Phi) is 3.35. The highest BCUT2D eigenvalue weighted by molar-refractivity contribution is 7.12. The number of hydrogen-bond acceptors (Lipinski definition) is 4. The lowest BCUT2D eigenvalue weighted by atomic mass is 10.2. The minimum absolute atomic E-state index is 0.129. The van der Waals surface area contributed by atoms with E-state index in [-0.39, 0.29) is 5.91 Å². The van der Waals surface area contributed by atoms with Gasteiger partial charge in [0.1, 0.15) is 0 Å². The van der Waals surface area contributed by atoms with Gasteiger partial charge in [0.15, 0.2) is 5.82 Å². The third-order valence-electron chi connectivity index (χ3n) is 3.11. The third kappa shape index (κ3) is 2.69. The quantitative estimate of drug-likeness (QED) is 0.883. The third-order valence-corrected chi connectivity index (χ3v) is 4.06. The molecule has 0 aliphatic heterocycles. The first-order valence-electron chi connectivity index (χ1n) is 6.20. The van der Waals surface area contributed by atoms with Crippen LogP contribution in [0.15, 0.2) is 17.5 Å². The monoisotopic (exact) mass is 277 g/mol. The number of carbonyl (C=O) groups excluding carboxylic acids is 1. The molecule has 19 heavy (non-hydrogen) atoms. The summed E-state index contributed by atoms with van der Waals surface area (Å²) in [7, 11) is 1.62. The van der Waals surface area contributed by atoms with Crippen LogP contribution in [0.25, 0.3) is 0 Å². The Morgan fingerprint density at radius 2 is 2.47 bits per heavy atom. The first kappa shape index (κ1) is 12.4. The van der Waals surface area contributed by atoms with Crippen molar-refractivity contribution in [1.29, 1.82) is 0 Å². The van der Waals surface area contributed by atoms with Crippen LogP contribution in [-0.4, -0.2) is 23.2 Å². The second kappa shape index (κ2) is 5.14. The van der Waals surface area contributed by atoms with Crippen molar-refractivity contribution in [3.05, 3.63) is 33.6 Å². The van der Waals surface area contributed by atoms with Crippen molar-refractivity contribution < 1.29 is 9.53 Å². The minimum atomic E-state index is -0.129. The Bertz CT molecular complexity index is 586. The number of ether oxygens (including phenoxy) is 1. The Morgan fingerprint density at radius 3 is 3.21 bits per heavy atom. The topological polar surface area (TPSA) is 67.0 Å². The van der Waals surface area contributed by atoms with Gasteiger partial charge in [0.25, 0.3) is 5.91 Å². The van der Waals surface area contributed by atoms with Gasteiger partial charge in [-0.3, -0.25) is 9.89 Å². The number of carbonyl (C=O) groups is 1. The van der Waals surface area contributed by atoms with Gasteiger partial charge in [0.2, 0.25) is 0 Å². The van der Waals surface area contributed by atoms with Crippen LogP contribution in [-0.2, 0) is 11.3 Å². The van der Waals surface area contributed by atoms with E-state index in [2.05, 4.69) is 15.5 Å². The molecule has 100 valence electrons. The van der Waals surface area contributed by atoms with Gasteiger partial charge in [-0.2, -0.15) is 5.10 Å². The number of nitrogens with one attached hydrogen (secondary N) is 2. The number of anilines is 1. The number of aromatic nitrogens is 2. The Labute approximate surface area is 115 Å². The molecule has 1 aliphatic rings. The van der Waals surface area contributed by atoms with Crippen LogP contribution in [0.1, 0.15) is 39.7 Å². The molecule has 6 heteroatoms. The highest BCUT2D eigenvalue weighted by atomic mass is 32.1. The summed E-state index contributed by atoms with van der Waals surface area (Å²) >= 11 is 1.41. The number of aromatic amines is 1. The summed E-state index contributed by atoms with van der Waals surface area (Å²) in [5.74, 6) is 1.06. The average molecular weight is 277 g/mol. The average Bonchev–Trinajstić information content (AvgIpc) is 2.96. The second-order valence-corrected chi connectivity index (χ2v) is 5.56. The fourth-order valence-electron chi connectivity index (χ4n) is 1.98. The maximum absolute atomic E-state index is 12.2. The van der Waals surface area contributed by atoms with E-state index >= 15 is 0 Å². The van der Waals surface area contributed by atoms with Gasteiger partial charge >= 0.3 is 0 Å². The van der Waals surface area contributed by atoms with Crippen LogP contribution in [0.5, 0.6) is 0 Å². The van der Waals surface area contributed by atoms with Crippen molar-refractivity contribution in [1.82, 2.24) is 10.2 Å². The Balaban J connectivity index is 1.70. The minimum Gasteiger partial charge on any atom is -0.380 e. The number of H-pyrrole nitrogens is 1. The van der Waals surface area contributed by atoms with E-state index in [1.165, 1.54) is 24.2 Å². The van der Waals surface area contributed by atoms with Crippen LogP contribution in [0.4, 0.5) is 5.82 Å². The summed E-state index contributed by atoms with van der Waals surface area (Å²) in [6.07, 6.45) is 2.41. The number of methoxy groups -OCH3 is 1. The molecule has 3 rings (SSSR count). The number of thiophene rings is 1. The number of hydrogen-bond donors (Lipinski definition) is 2. The molecule has 0 radical (unpaired) electrons. The first-order valence-corrected chi connectivity index (χ1v) is 7.08. The first-order chi connectivity index (χ1) is 9.28. The maximum atomic E-state index is 12.2. The van der Waals surface area contributed by atoms with Crippen molar-refractivity contribution in [2.45, 2.75) is 25.4 Å². The zero-order chi connectivity index (χ0) is 13.2. The summed E-state index contributed by atoms with van der Waals surface area (Å²) in [4.78, 5) is 12.8. The van der Waals surface area contributed by atoms with Gasteiger partial charge < -0.3 is 10.1 Å². The van der Waals surface area contributed by atoms with E-state index in [0.717, 1.165) is 11.3 Å². The van der Waals surface area contributed by atoms with Gasteiger partial charge in [-0.15, -0.1) is 11.3 Å². The molecule has 0 spiro atoms. The van der Waals surface area contributed by atoms with Gasteiger partial charge in [-0.05, 0) is 24.3 Å². The number of nitrogens with zero attached hydrogens (tertiary/aromatic N) is 1. The van der Waals surface area contributed by atoms with E-state index in [1.807, 2.05) is 17.5 Å². The molecule has 5 nitrogen and oxygen atoms in total. The zero-order valence-electron chi connectivity index (χ0n) is 10.6. The Hall–Kier alpha value is -1.66. The largest absolute Gasteiger partial charge is 0.380 e. The smallest absolute Gasteiger partial charge is 0.267 e. The summed E-state index contributed by atoms with van der Waals surface area (Å²) < 4.78 is 5.08. The molecule has 0 atom stereocenters. The Morgan fingerprint density at radius 1 is 1.63 bits per heavy atom. The SMILES string of the molecule is COCc1ccsc1C(=O)Nc1cc(C2CC2)[nH]n1. The lowest BCUT2D eigenvalue weighted by Gasteiger charge is -2.02. The van der Waals surface area contributed by atoms with Gasteiger partial charge in [-0.1, -0.05) is 0 Å². The van der Waals surface area contributed by atoms with Gasteiger partial charge in [-0.25, -0.2) is 0 Å². The van der Waals surface area contributed by atoms with E-state index < -0.39 is 0 Å². The molecule has 0 bridgehead atoms. The molecule has 1 saturated carbocycles. The van der Waals surface area contributed by atoms with E-state index in [9.17, 15) is 4.79 Å². The molecule has 2 aromatic heterocycles. The van der Waals surface area contributed by atoms with Crippen LogP contribution in [0.3, 0.4) is 0 Å². The van der Waals surface area contributed by atoms with Crippen molar-refractivity contribution in [2.75, 3.05) is 12.4 Å². The summed E-state index contributed by atoms with van der Waals surface area (Å²) in [6, 6.07) is 3.82. The van der Waals surface area contributed by atoms with Crippen LogP contribution < -0.4 is 5.32 Å². The summed E-state index contributed by atoms with van der Waals surface area (Å²) in [5, 5.41) is 11.8. The van der Waals surface area contributed by atoms with Crippen molar-refractivity contribution in [3.8, 4) is 0 Å². The highest BCUT2D eigenvalue weighted by Crippen LogP contribution is 2.39. The normalized spacial score (nSPS) is 14.6. The second-order valence-electron chi connectivity index (χ2n) is 4.64. The maximum Gasteiger partial charge on any atom is 0.267 e. The standard InChI is InChI=1S/C13H15N3O2S/c1-18-7-9-4-5-19-12(9)13(17)14-11-6-10(15-16-11)8-2-3-8/h4-6,8H,2-3,7H2,1H3,(H2,14,15,16,17). The fourth-order valence-corrected chi connectivity index (χ4v) is 2.79. The lowest BCUT2D eigenvalue weighted by molar-refractivity contribution is 0.102. The van der Waals surface area contributed by atoms with Crippen molar-refractivity contribution >= 4 is 23.1 Å². The fraction of sp³-hybridized carbons (Fsp3) is 0.385. The zero-order valence-corrected chi connectivity index (χ0v) is 11.4. The van der Waals surface area contributed by atoms with Gasteiger partial charge in [0.05, 0.1) is 11.5 Å². The molecule has 2 heterocycles. The molecule has 1 fully saturated rings. The van der Waals surface area contributed by atoms with Crippen molar-refractivity contribution in [3.63, 3.8) is 0 Å². The lowest BCUT2D eigenvalue weighted by Crippen LogP contribution is -2.12. The number of rotatable bonds is 5. The highest BCUT2D eigenvalue weighted by Gasteiger charge is 2.26.